The number of nitrogens with zero attached hydrogens (tertiary/aromatic N) is 1. The van der Waals surface area contributed by atoms with Gasteiger partial charge in [0.25, 0.3) is 5.91 Å². The summed E-state index contributed by atoms with van der Waals surface area (Å²) in [5.74, 6) is -0.00907. The zero-order chi connectivity index (χ0) is 20.4. The Hall–Kier alpha value is -2.25. The van der Waals surface area contributed by atoms with Crippen LogP contribution in [-0.4, -0.2) is 48.3 Å². The number of benzene rings is 1. The van der Waals surface area contributed by atoms with Gasteiger partial charge in [-0.1, -0.05) is 24.6 Å². The maximum atomic E-state index is 13.2. The number of carbonyl (C=O) groups excluding carboxylic acids is 3. The van der Waals surface area contributed by atoms with Crippen LogP contribution in [0.1, 0.15) is 60.0 Å². The van der Waals surface area contributed by atoms with Gasteiger partial charge >= 0.3 is 0 Å². The summed E-state index contributed by atoms with van der Waals surface area (Å²) in [6.07, 6.45) is 5.52. The SMILES string of the molecule is CNCC1CCCC(NCc2cccc3c2C(=O)N(C2CCC(=O)NC2=O)C3)C1. The lowest BCUT2D eigenvalue weighted by Gasteiger charge is -2.30. The van der Waals surface area contributed by atoms with Gasteiger partial charge in [-0.3, -0.25) is 19.7 Å². The van der Waals surface area contributed by atoms with Crippen molar-refractivity contribution < 1.29 is 14.4 Å². The summed E-state index contributed by atoms with van der Waals surface area (Å²) in [7, 11) is 2.00. The largest absolute Gasteiger partial charge is 0.322 e. The Morgan fingerprint density at radius 3 is 2.83 bits per heavy atom. The summed E-state index contributed by atoms with van der Waals surface area (Å²) in [6, 6.07) is 5.87. The molecule has 2 fully saturated rings. The Bertz CT molecular complexity index is 807. The van der Waals surface area contributed by atoms with Crippen LogP contribution in [0.4, 0.5) is 0 Å². The Labute approximate surface area is 171 Å². The van der Waals surface area contributed by atoms with E-state index in [1.165, 1.54) is 19.3 Å². The Balaban J connectivity index is 1.44. The second-order valence-corrected chi connectivity index (χ2v) is 8.52. The van der Waals surface area contributed by atoms with Crippen molar-refractivity contribution in [3.05, 3.63) is 34.9 Å². The third kappa shape index (κ3) is 4.21. The molecule has 29 heavy (non-hydrogen) atoms. The molecule has 2 heterocycles. The number of fused-ring (bicyclic) bond motifs is 1. The van der Waals surface area contributed by atoms with Crippen molar-refractivity contribution in [3.63, 3.8) is 0 Å². The van der Waals surface area contributed by atoms with E-state index in [1.54, 1.807) is 4.90 Å². The van der Waals surface area contributed by atoms with E-state index >= 15 is 0 Å². The van der Waals surface area contributed by atoms with Gasteiger partial charge in [-0.25, -0.2) is 0 Å². The first-order valence-electron chi connectivity index (χ1n) is 10.7. The molecule has 7 nitrogen and oxygen atoms in total. The lowest BCUT2D eigenvalue weighted by atomic mass is 9.85. The molecule has 1 aromatic rings. The minimum Gasteiger partial charge on any atom is -0.322 e. The molecule has 1 saturated heterocycles. The third-order valence-corrected chi connectivity index (χ3v) is 6.50. The van der Waals surface area contributed by atoms with Crippen LogP contribution in [0.15, 0.2) is 18.2 Å². The highest BCUT2D eigenvalue weighted by Crippen LogP contribution is 2.30. The van der Waals surface area contributed by atoms with Crippen molar-refractivity contribution in [2.24, 2.45) is 5.92 Å². The van der Waals surface area contributed by atoms with E-state index < -0.39 is 6.04 Å². The standard InChI is InChI=1S/C22H30N4O3/c1-23-11-14-4-2-7-17(10-14)24-12-15-5-3-6-16-13-26(22(29)20(15)16)18-8-9-19(27)25-21(18)28/h3,5-6,14,17-18,23-24H,2,4,7-13H2,1H3,(H,25,27,28). The highest BCUT2D eigenvalue weighted by atomic mass is 16.2. The second-order valence-electron chi connectivity index (χ2n) is 8.52. The van der Waals surface area contributed by atoms with Gasteiger partial charge in [-0.05, 0) is 56.3 Å². The molecule has 3 atom stereocenters. The molecule has 3 unspecified atom stereocenters. The zero-order valence-corrected chi connectivity index (χ0v) is 17.0. The molecule has 0 spiro atoms. The fourth-order valence-electron chi connectivity index (χ4n) is 5.04. The smallest absolute Gasteiger partial charge is 0.255 e. The van der Waals surface area contributed by atoms with Gasteiger partial charge in [0.15, 0.2) is 0 Å². The normalized spacial score (nSPS) is 27.1. The summed E-state index contributed by atoms with van der Waals surface area (Å²) < 4.78 is 0. The number of nitrogens with one attached hydrogen (secondary N) is 3. The van der Waals surface area contributed by atoms with Crippen molar-refractivity contribution in [2.45, 2.75) is 63.7 Å². The van der Waals surface area contributed by atoms with E-state index in [0.29, 0.717) is 31.5 Å². The first kappa shape index (κ1) is 20.0. The van der Waals surface area contributed by atoms with Crippen LogP contribution >= 0.6 is 0 Å². The molecular weight excluding hydrogens is 368 g/mol. The minimum absolute atomic E-state index is 0.0939. The number of piperidine rings is 1. The molecule has 1 saturated carbocycles. The Morgan fingerprint density at radius 1 is 1.17 bits per heavy atom. The topological polar surface area (TPSA) is 90.5 Å². The van der Waals surface area contributed by atoms with Gasteiger partial charge < -0.3 is 15.5 Å². The summed E-state index contributed by atoms with van der Waals surface area (Å²) in [4.78, 5) is 38.5. The van der Waals surface area contributed by atoms with Crippen LogP contribution in [0.5, 0.6) is 0 Å². The average molecular weight is 399 g/mol. The molecular formula is C22H30N4O3. The van der Waals surface area contributed by atoms with Crippen molar-refractivity contribution in [1.29, 1.82) is 0 Å². The van der Waals surface area contributed by atoms with Gasteiger partial charge in [-0.2, -0.15) is 0 Å². The van der Waals surface area contributed by atoms with Crippen LogP contribution in [-0.2, 0) is 22.7 Å². The lowest BCUT2D eigenvalue weighted by molar-refractivity contribution is -0.136. The molecule has 7 heteroatoms. The highest BCUT2D eigenvalue weighted by molar-refractivity contribution is 6.05. The van der Waals surface area contributed by atoms with Crippen molar-refractivity contribution in [1.82, 2.24) is 20.9 Å². The molecule has 1 aromatic carbocycles. The fourth-order valence-corrected chi connectivity index (χ4v) is 5.04. The predicted octanol–water partition coefficient (Wildman–Crippen LogP) is 1.32. The molecule has 4 rings (SSSR count). The quantitative estimate of drug-likeness (QED) is 0.629. The van der Waals surface area contributed by atoms with Crippen LogP contribution in [0.2, 0.25) is 0 Å². The van der Waals surface area contributed by atoms with Crippen LogP contribution in [0, 0.1) is 5.92 Å². The molecule has 3 aliphatic rings. The number of rotatable bonds is 6. The summed E-state index contributed by atoms with van der Waals surface area (Å²) in [6.45, 7) is 2.15. The third-order valence-electron chi connectivity index (χ3n) is 6.50. The van der Waals surface area contributed by atoms with E-state index in [2.05, 4.69) is 16.0 Å². The Morgan fingerprint density at radius 2 is 2.03 bits per heavy atom. The summed E-state index contributed by atoms with van der Waals surface area (Å²) in [5.41, 5.74) is 2.70. The van der Waals surface area contributed by atoms with Gasteiger partial charge in [0.2, 0.25) is 11.8 Å². The second kappa shape index (κ2) is 8.63. The number of hydrogen-bond acceptors (Lipinski definition) is 5. The van der Waals surface area contributed by atoms with Crippen LogP contribution in [0.3, 0.4) is 0 Å². The molecule has 3 N–H and O–H groups in total. The van der Waals surface area contributed by atoms with Gasteiger partial charge in [0, 0.05) is 31.1 Å². The van der Waals surface area contributed by atoms with E-state index in [1.807, 2.05) is 25.2 Å². The summed E-state index contributed by atoms with van der Waals surface area (Å²) in [5, 5.41) is 9.31. The number of carbonyl (C=O) groups is 3. The Kier molecular flexibility index (Phi) is 5.96. The van der Waals surface area contributed by atoms with E-state index in [4.69, 9.17) is 0 Å². The van der Waals surface area contributed by atoms with Gasteiger partial charge in [-0.15, -0.1) is 0 Å². The van der Waals surface area contributed by atoms with Crippen molar-refractivity contribution in [2.75, 3.05) is 13.6 Å². The fraction of sp³-hybridized carbons (Fsp3) is 0.591. The number of hydrogen-bond donors (Lipinski definition) is 3. The molecule has 3 amide bonds. The maximum absolute atomic E-state index is 13.2. The molecule has 1 aliphatic carbocycles. The van der Waals surface area contributed by atoms with Crippen LogP contribution in [0.25, 0.3) is 0 Å². The molecule has 0 bridgehead atoms. The number of imide groups is 1. The van der Waals surface area contributed by atoms with Crippen molar-refractivity contribution >= 4 is 17.7 Å². The molecule has 2 aliphatic heterocycles. The monoisotopic (exact) mass is 398 g/mol. The summed E-state index contributed by atoms with van der Waals surface area (Å²) >= 11 is 0. The number of amides is 3. The lowest BCUT2D eigenvalue weighted by Crippen LogP contribution is -2.52. The molecule has 0 radical (unpaired) electrons. The predicted molar refractivity (Wildman–Crippen MR) is 109 cm³/mol. The van der Waals surface area contributed by atoms with E-state index in [0.717, 1.165) is 29.7 Å². The van der Waals surface area contributed by atoms with Gasteiger partial charge in [0.1, 0.15) is 6.04 Å². The van der Waals surface area contributed by atoms with Gasteiger partial charge in [0.05, 0.1) is 0 Å². The first-order valence-corrected chi connectivity index (χ1v) is 10.7. The molecule has 0 aromatic heterocycles. The van der Waals surface area contributed by atoms with Crippen molar-refractivity contribution in [3.8, 4) is 0 Å². The maximum Gasteiger partial charge on any atom is 0.255 e. The van der Waals surface area contributed by atoms with E-state index in [9.17, 15) is 14.4 Å². The molecule has 156 valence electrons. The van der Waals surface area contributed by atoms with E-state index in [-0.39, 0.29) is 24.1 Å². The van der Waals surface area contributed by atoms with Crippen LogP contribution < -0.4 is 16.0 Å². The highest BCUT2D eigenvalue weighted by Gasteiger charge is 2.40. The average Bonchev–Trinajstić information content (AvgIpc) is 3.04. The minimum atomic E-state index is -0.561. The zero-order valence-electron chi connectivity index (χ0n) is 17.0. The first-order chi connectivity index (χ1) is 14.1.